The molecule has 0 aliphatic carbocycles. The Balaban J connectivity index is 2.41. The molecule has 0 bridgehead atoms. The summed E-state index contributed by atoms with van der Waals surface area (Å²) in [6.07, 6.45) is 8.47. The molecule has 0 atom stereocenters. The third-order valence-corrected chi connectivity index (χ3v) is 1.89. The highest BCUT2D eigenvalue weighted by Gasteiger charge is 1.93. The van der Waals surface area contributed by atoms with Crippen molar-refractivity contribution in [3.8, 4) is 0 Å². The van der Waals surface area contributed by atoms with Crippen LogP contribution < -0.4 is 5.73 Å². The van der Waals surface area contributed by atoms with Gasteiger partial charge in [0.2, 0.25) is 0 Å². The number of nitrogens with zero attached hydrogens (tertiary/aromatic N) is 1. The number of nitrogens with two attached hydrogens (primary N) is 1. The van der Waals surface area contributed by atoms with Gasteiger partial charge in [0, 0.05) is 12.4 Å². The van der Waals surface area contributed by atoms with Crippen LogP contribution in [0.15, 0.2) is 18.5 Å². The average molecular weight is 164 g/mol. The predicted octanol–water partition coefficient (Wildman–Crippen LogP) is 2.40. The van der Waals surface area contributed by atoms with Crippen LogP contribution in [-0.4, -0.2) is 4.98 Å². The summed E-state index contributed by atoms with van der Waals surface area (Å²) in [4.78, 5) is 4.04. The Morgan fingerprint density at radius 1 is 1.33 bits per heavy atom. The van der Waals surface area contributed by atoms with Crippen molar-refractivity contribution >= 4 is 5.69 Å². The normalized spacial score (nSPS) is 10.1. The summed E-state index contributed by atoms with van der Waals surface area (Å²) in [6, 6.07) is 2.00. The first kappa shape index (κ1) is 9.04. The number of aryl methyl sites for hydroxylation is 1. The highest BCUT2D eigenvalue weighted by molar-refractivity contribution is 5.36. The standard InChI is InChI=1S/C10H16N2/c1-2-3-4-5-9-6-10(11)8-12-7-9/h6-8H,2-5,11H2,1H3. The fraction of sp³-hybridized carbons (Fsp3) is 0.500. The largest absolute Gasteiger partial charge is 0.397 e. The van der Waals surface area contributed by atoms with Gasteiger partial charge >= 0.3 is 0 Å². The lowest BCUT2D eigenvalue weighted by molar-refractivity contribution is 0.716. The van der Waals surface area contributed by atoms with Gasteiger partial charge in [-0.25, -0.2) is 0 Å². The minimum absolute atomic E-state index is 0.768. The zero-order valence-electron chi connectivity index (χ0n) is 7.59. The van der Waals surface area contributed by atoms with Crippen LogP contribution in [-0.2, 0) is 6.42 Å². The van der Waals surface area contributed by atoms with E-state index in [0.717, 1.165) is 12.1 Å². The summed E-state index contributed by atoms with van der Waals surface area (Å²) in [5.74, 6) is 0. The maximum Gasteiger partial charge on any atom is 0.0503 e. The van der Waals surface area contributed by atoms with Gasteiger partial charge in [-0.05, 0) is 24.5 Å². The zero-order valence-corrected chi connectivity index (χ0v) is 7.59. The minimum atomic E-state index is 0.768. The van der Waals surface area contributed by atoms with Gasteiger partial charge in [0.05, 0.1) is 5.69 Å². The van der Waals surface area contributed by atoms with Crippen molar-refractivity contribution in [3.05, 3.63) is 24.0 Å². The predicted molar refractivity (Wildman–Crippen MR) is 51.9 cm³/mol. The van der Waals surface area contributed by atoms with Gasteiger partial charge in [-0.3, -0.25) is 4.98 Å². The molecule has 1 aromatic heterocycles. The third kappa shape index (κ3) is 2.91. The molecule has 66 valence electrons. The van der Waals surface area contributed by atoms with Gasteiger partial charge < -0.3 is 5.73 Å². The van der Waals surface area contributed by atoms with Gasteiger partial charge in [-0.2, -0.15) is 0 Å². The second kappa shape index (κ2) is 4.75. The third-order valence-electron chi connectivity index (χ3n) is 1.89. The molecule has 0 spiro atoms. The number of rotatable bonds is 4. The summed E-state index contributed by atoms with van der Waals surface area (Å²) in [7, 11) is 0. The minimum Gasteiger partial charge on any atom is -0.397 e. The maximum absolute atomic E-state index is 5.60. The van der Waals surface area contributed by atoms with Crippen LogP contribution >= 0.6 is 0 Å². The molecule has 1 aromatic rings. The van der Waals surface area contributed by atoms with Crippen molar-refractivity contribution in [1.82, 2.24) is 4.98 Å². The molecule has 2 nitrogen and oxygen atoms in total. The molecule has 0 saturated heterocycles. The second-order valence-corrected chi connectivity index (χ2v) is 3.08. The fourth-order valence-electron chi connectivity index (χ4n) is 1.22. The van der Waals surface area contributed by atoms with Crippen LogP contribution in [0.2, 0.25) is 0 Å². The Kier molecular flexibility index (Phi) is 3.58. The van der Waals surface area contributed by atoms with Crippen LogP contribution in [0, 0.1) is 0 Å². The summed E-state index contributed by atoms with van der Waals surface area (Å²) >= 11 is 0. The van der Waals surface area contributed by atoms with Crippen molar-refractivity contribution in [1.29, 1.82) is 0 Å². The van der Waals surface area contributed by atoms with Gasteiger partial charge in [0.1, 0.15) is 0 Å². The van der Waals surface area contributed by atoms with Crippen LogP contribution in [0.5, 0.6) is 0 Å². The SMILES string of the molecule is CCCCCc1cncc(N)c1. The fourth-order valence-corrected chi connectivity index (χ4v) is 1.22. The molecule has 0 aromatic carbocycles. The number of hydrogen-bond acceptors (Lipinski definition) is 2. The summed E-state index contributed by atoms with van der Waals surface area (Å²) in [6.45, 7) is 2.21. The van der Waals surface area contributed by atoms with Crippen molar-refractivity contribution in [2.45, 2.75) is 32.6 Å². The number of hydrogen-bond donors (Lipinski definition) is 1. The molecule has 2 heteroatoms. The molecular formula is C10H16N2. The number of anilines is 1. The van der Waals surface area contributed by atoms with Crippen LogP contribution in [0.4, 0.5) is 5.69 Å². The van der Waals surface area contributed by atoms with E-state index in [1.807, 2.05) is 12.3 Å². The van der Waals surface area contributed by atoms with E-state index in [1.54, 1.807) is 6.20 Å². The van der Waals surface area contributed by atoms with Crippen molar-refractivity contribution in [3.63, 3.8) is 0 Å². The number of aromatic nitrogens is 1. The lowest BCUT2D eigenvalue weighted by atomic mass is 10.1. The lowest BCUT2D eigenvalue weighted by Crippen LogP contribution is -1.91. The molecule has 0 radical (unpaired) electrons. The molecule has 0 fully saturated rings. The topological polar surface area (TPSA) is 38.9 Å². The quantitative estimate of drug-likeness (QED) is 0.694. The van der Waals surface area contributed by atoms with Crippen molar-refractivity contribution in [2.24, 2.45) is 0 Å². The zero-order chi connectivity index (χ0) is 8.81. The van der Waals surface area contributed by atoms with Crippen molar-refractivity contribution in [2.75, 3.05) is 5.73 Å². The monoisotopic (exact) mass is 164 g/mol. The number of nitrogen functional groups attached to an aromatic ring is 1. The molecule has 0 unspecified atom stereocenters. The Hall–Kier alpha value is -1.05. The van der Waals surface area contributed by atoms with E-state index in [9.17, 15) is 0 Å². The highest BCUT2D eigenvalue weighted by Crippen LogP contribution is 2.08. The summed E-state index contributed by atoms with van der Waals surface area (Å²) in [5.41, 5.74) is 7.62. The smallest absolute Gasteiger partial charge is 0.0503 e. The first-order valence-electron chi connectivity index (χ1n) is 4.52. The van der Waals surface area contributed by atoms with Crippen LogP contribution in [0.25, 0.3) is 0 Å². The molecule has 0 aliphatic heterocycles. The van der Waals surface area contributed by atoms with Crippen LogP contribution in [0.3, 0.4) is 0 Å². The van der Waals surface area contributed by atoms with Gasteiger partial charge in [-0.15, -0.1) is 0 Å². The van der Waals surface area contributed by atoms with E-state index >= 15 is 0 Å². The van der Waals surface area contributed by atoms with E-state index in [-0.39, 0.29) is 0 Å². The molecule has 0 amide bonds. The molecule has 0 saturated carbocycles. The molecule has 1 rings (SSSR count). The van der Waals surface area contributed by atoms with E-state index in [1.165, 1.54) is 24.8 Å². The molecule has 12 heavy (non-hydrogen) atoms. The number of pyridine rings is 1. The van der Waals surface area contributed by atoms with E-state index < -0.39 is 0 Å². The van der Waals surface area contributed by atoms with Gasteiger partial charge in [0.15, 0.2) is 0 Å². The average Bonchev–Trinajstić information content (AvgIpc) is 2.05. The summed E-state index contributed by atoms with van der Waals surface area (Å²) < 4.78 is 0. The lowest BCUT2D eigenvalue weighted by Gasteiger charge is -2.00. The first-order valence-corrected chi connectivity index (χ1v) is 4.52. The Morgan fingerprint density at radius 3 is 2.83 bits per heavy atom. The van der Waals surface area contributed by atoms with E-state index in [4.69, 9.17) is 5.73 Å². The molecule has 2 N–H and O–H groups in total. The molecular weight excluding hydrogens is 148 g/mol. The Morgan fingerprint density at radius 2 is 2.17 bits per heavy atom. The van der Waals surface area contributed by atoms with Crippen LogP contribution in [0.1, 0.15) is 31.7 Å². The van der Waals surface area contributed by atoms with E-state index in [0.29, 0.717) is 0 Å². The van der Waals surface area contributed by atoms with Crippen molar-refractivity contribution < 1.29 is 0 Å². The van der Waals surface area contributed by atoms with Gasteiger partial charge in [-0.1, -0.05) is 19.8 Å². The number of unbranched alkanes of at least 4 members (excludes halogenated alkanes) is 2. The molecule has 0 aliphatic rings. The molecule has 1 heterocycles. The Bertz CT molecular complexity index is 233. The maximum atomic E-state index is 5.60. The summed E-state index contributed by atoms with van der Waals surface area (Å²) in [5, 5.41) is 0. The first-order chi connectivity index (χ1) is 5.83. The van der Waals surface area contributed by atoms with E-state index in [2.05, 4.69) is 11.9 Å². The Labute approximate surface area is 73.8 Å². The highest BCUT2D eigenvalue weighted by atomic mass is 14.7. The second-order valence-electron chi connectivity index (χ2n) is 3.08. The van der Waals surface area contributed by atoms with Gasteiger partial charge in [0.25, 0.3) is 0 Å².